The lowest BCUT2D eigenvalue weighted by atomic mass is 10.1. The molecule has 0 spiro atoms. The van der Waals surface area contributed by atoms with E-state index in [1.165, 1.54) is 30.9 Å². The van der Waals surface area contributed by atoms with Crippen molar-refractivity contribution in [2.24, 2.45) is 4.99 Å². The van der Waals surface area contributed by atoms with Gasteiger partial charge in [-0.1, -0.05) is 19.2 Å². The van der Waals surface area contributed by atoms with Gasteiger partial charge in [0.05, 0.1) is 11.4 Å². The zero-order valence-electron chi connectivity index (χ0n) is 15.7. The van der Waals surface area contributed by atoms with E-state index in [9.17, 15) is 13.6 Å². The molecule has 2 amide bonds. The van der Waals surface area contributed by atoms with Crippen LogP contribution < -0.4 is 10.2 Å². The maximum absolute atomic E-state index is 14.1. The molecule has 0 unspecified atom stereocenters. The Labute approximate surface area is 167 Å². The van der Waals surface area contributed by atoms with Crippen molar-refractivity contribution in [1.29, 1.82) is 0 Å². The number of nitrogens with zero attached hydrogens (tertiary/aromatic N) is 5. The highest BCUT2D eigenvalue weighted by Gasteiger charge is 2.22. The molecule has 0 aliphatic carbocycles. The monoisotopic (exact) mass is 398 g/mol. The van der Waals surface area contributed by atoms with Gasteiger partial charge in [-0.05, 0) is 12.1 Å². The number of amides is 2. The third kappa shape index (κ3) is 4.81. The fraction of sp³-hybridized carbons (Fsp3) is 0.200. The van der Waals surface area contributed by atoms with E-state index < -0.39 is 11.6 Å². The standard InChI is InChI=1S/C20H20F2N6O/c1-3-23-12-14(2)26-20(29)28-9-7-27(8-10-28)18-11-17(24-13-25-18)15-5-4-6-16(21)19(15)22/h3-6,11-13H,1-2,7-10H2,(H,26,29). The molecule has 0 bridgehead atoms. The minimum atomic E-state index is -0.945. The molecule has 1 aliphatic rings. The summed E-state index contributed by atoms with van der Waals surface area (Å²) >= 11 is 0. The number of anilines is 1. The highest BCUT2D eigenvalue weighted by molar-refractivity contribution is 5.86. The van der Waals surface area contributed by atoms with Crippen LogP contribution in [0.3, 0.4) is 0 Å². The molecule has 1 aliphatic heterocycles. The molecule has 150 valence electrons. The van der Waals surface area contributed by atoms with Crippen molar-refractivity contribution in [3.63, 3.8) is 0 Å². The van der Waals surface area contributed by atoms with E-state index in [1.807, 2.05) is 4.90 Å². The van der Waals surface area contributed by atoms with Crippen LogP contribution in [0, 0.1) is 11.6 Å². The van der Waals surface area contributed by atoms with Crippen LogP contribution in [0.5, 0.6) is 0 Å². The Kier molecular flexibility index (Phi) is 6.28. The van der Waals surface area contributed by atoms with E-state index in [0.717, 1.165) is 6.07 Å². The number of hydrogen-bond acceptors (Lipinski definition) is 5. The van der Waals surface area contributed by atoms with Crippen molar-refractivity contribution < 1.29 is 13.6 Å². The molecule has 0 atom stereocenters. The van der Waals surface area contributed by atoms with E-state index in [2.05, 4.69) is 33.4 Å². The van der Waals surface area contributed by atoms with Crippen LogP contribution in [0.15, 0.2) is 60.6 Å². The Morgan fingerprint density at radius 2 is 1.97 bits per heavy atom. The quantitative estimate of drug-likeness (QED) is 0.786. The van der Waals surface area contributed by atoms with Gasteiger partial charge < -0.3 is 15.1 Å². The number of carbonyl (C=O) groups excluding carboxylic acids is 1. The number of rotatable bonds is 5. The Bertz CT molecular complexity index is 954. The predicted molar refractivity (Wildman–Crippen MR) is 108 cm³/mol. The van der Waals surface area contributed by atoms with Crippen LogP contribution in [0.4, 0.5) is 19.4 Å². The number of urea groups is 1. The van der Waals surface area contributed by atoms with Gasteiger partial charge in [0.1, 0.15) is 12.1 Å². The fourth-order valence-electron chi connectivity index (χ4n) is 2.90. The van der Waals surface area contributed by atoms with Gasteiger partial charge >= 0.3 is 6.03 Å². The molecular weight excluding hydrogens is 378 g/mol. The summed E-state index contributed by atoms with van der Waals surface area (Å²) in [4.78, 5) is 28.0. The van der Waals surface area contributed by atoms with Gasteiger partial charge in [0.2, 0.25) is 0 Å². The lowest BCUT2D eigenvalue weighted by Crippen LogP contribution is -2.51. The molecule has 0 saturated carbocycles. The summed E-state index contributed by atoms with van der Waals surface area (Å²) in [6, 6.07) is 5.30. The van der Waals surface area contributed by atoms with Gasteiger partial charge in [-0.2, -0.15) is 0 Å². The fourth-order valence-corrected chi connectivity index (χ4v) is 2.90. The van der Waals surface area contributed by atoms with E-state index in [4.69, 9.17) is 0 Å². The number of carbonyl (C=O) groups is 1. The number of aliphatic imine (C=N–C) groups is 1. The van der Waals surface area contributed by atoms with Crippen LogP contribution >= 0.6 is 0 Å². The van der Waals surface area contributed by atoms with Crippen molar-refractivity contribution in [1.82, 2.24) is 20.2 Å². The van der Waals surface area contributed by atoms with Gasteiger partial charge in [0.25, 0.3) is 0 Å². The minimum Gasteiger partial charge on any atom is -0.353 e. The molecule has 7 nitrogen and oxygen atoms in total. The summed E-state index contributed by atoms with van der Waals surface area (Å²) in [6.07, 6.45) is 4.08. The SMILES string of the molecule is C=CN=CC(=C)NC(=O)N1CCN(c2cc(-c3cccc(F)c3F)ncn2)CC1. The molecule has 1 fully saturated rings. The number of allylic oxidation sites excluding steroid dienone is 1. The first-order chi connectivity index (χ1) is 14.0. The lowest BCUT2D eigenvalue weighted by molar-refractivity contribution is 0.197. The Morgan fingerprint density at radius 1 is 1.21 bits per heavy atom. The van der Waals surface area contributed by atoms with Crippen LogP contribution in [0.2, 0.25) is 0 Å². The van der Waals surface area contributed by atoms with Gasteiger partial charge in [-0.15, -0.1) is 0 Å². The van der Waals surface area contributed by atoms with E-state index in [1.54, 1.807) is 11.0 Å². The maximum atomic E-state index is 14.1. The van der Waals surface area contributed by atoms with Gasteiger partial charge in [-0.25, -0.2) is 23.5 Å². The van der Waals surface area contributed by atoms with E-state index >= 15 is 0 Å². The lowest BCUT2D eigenvalue weighted by Gasteiger charge is -2.35. The van der Waals surface area contributed by atoms with Crippen LogP contribution in [-0.4, -0.2) is 53.3 Å². The first-order valence-electron chi connectivity index (χ1n) is 8.90. The third-order valence-electron chi connectivity index (χ3n) is 4.37. The number of hydrogen-bond donors (Lipinski definition) is 1. The van der Waals surface area contributed by atoms with Gasteiger partial charge in [-0.3, -0.25) is 4.99 Å². The molecule has 1 aromatic heterocycles. The molecule has 1 aromatic carbocycles. The predicted octanol–water partition coefficient (Wildman–Crippen LogP) is 2.98. The summed E-state index contributed by atoms with van der Waals surface area (Å²) in [5.41, 5.74) is 0.742. The van der Waals surface area contributed by atoms with Crippen LogP contribution in [0.1, 0.15) is 0 Å². The summed E-state index contributed by atoms with van der Waals surface area (Å²) in [6.45, 7) is 9.15. The number of piperazine rings is 1. The average molecular weight is 398 g/mol. The number of nitrogens with one attached hydrogen (secondary N) is 1. The molecule has 1 saturated heterocycles. The second-order valence-corrected chi connectivity index (χ2v) is 6.25. The normalized spacial score (nSPS) is 14.1. The summed E-state index contributed by atoms with van der Waals surface area (Å²) in [7, 11) is 0. The Balaban J connectivity index is 1.65. The largest absolute Gasteiger partial charge is 0.353 e. The molecule has 2 heterocycles. The third-order valence-corrected chi connectivity index (χ3v) is 4.37. The van der Waals surface area contributed by atoms with Crippen molar-refractivity contribution >= 4 is 18.1 Å². The smallest absolute Gasteiger partial charge is 0.321 e. The summed E-state index contributed by atoms with van der Waals surface area (Å²) in [5.74, 6) is -1.29. The van der Waals surface area contributed by atoms with Gasteiger partial charge in [0, 0.05) is 50.2 Å². The second kappa shape index (κ2) is 9.05. The number of aromatic nitrogens is 2. The summed E-state index contributed by atoms with van der Waals surface area (Å²) in [5, 5.41) is 2.66. The maximum Gasteiger partial charge on any atom is 0.321 e. The van der Waals surface area contributed by atoms with Crippen molar-refractivity contribution in [3.05, 3.63) is 67.3 Å². The highest BCUT2D eigenvalue weighted by atomic mass is 19.2. The Hall–Kier alpha value is -3.62. The van der Waals surface area contributed by atoms with Crippen molar-refractivity contribution in [2.75, 3.05) is 31.1 Å². The summed E-state index contributed by atoms with van der Waals surface area (Å²) < 4.78 is 27.6. The molecule has 29 heavy (non-hydrogen) atoms. The topological polar surface area (TPSA) is 73.7 Å². The molecular formula is C20H20F2N6O. The second-order valence-electron chi connectivity index (χ2n) is 6.25. The first-order valence-corrected chi connectivity index (χ1v) is 8.90. The van der Waals surface area contributed by atoms with Crippen LogP contribution in [0.25, 0.3) is 11.3 Å². The van der Waals surface area contributed by atoms with E-state index in [0.29, 0.717) is 43.4 Å². The molecule has 1 N–H and O–H groups in total. The zero-order chi connectivity index (χ0) is 20.8. The number of benzene rings is 1. The molecule has 0 radical (unpaired) electrons. The average Bonchev–Trinajstić information content (AvgIpc) is 2.74. The molecule has 3 rings (SSSR count). The van der Waals surface area contributed by atoms with Crippen molar-refractivity contribution in [3.8, 4) is 11.3 Å². The van der Waals surface area contributed by atoms with E-state index in [-0.39, 0.29) is 11.6 Å². The zero-order valence-corrected chi connectivity index (χ0v) is 15.7. The van der Waals surface area contributed by atoms with Gasteiger partial charge in [0.15, 0.2) is 11.6 Å². The number of halogens is 2. The minimum absolute atomic E-state index is 0.0753. The van der Waals surface area contributed by atoms with Crippen LogP contribution in [-0.2, 0) is 0 Å². The van der Waals surface area contributed by atoms with Crippen molar-refractivity contribution in [2.45, 2.75) is 0 Å². The molecule has 2 aromatic rings. The molecule has 9 heteroatoms. The highest BCUT2D eigenvalue weighted by Crippen LogP contribution is 2.25. The first kappa shape index (κ1) is 20.1. The Morgan fingerprint density at radius 3 is 2.69 bits per heavy atom.